The fourth-order valence-corrected chi connectivity index (χ4v) is 4.20. The number of rotatable bonds is 16. The maximum absolute atomic E-state index is 9.35. The van der Waals surface area contributed by atoms with E-state index in [1.165, 1.54) is 75.5 Å². The third kappa shape index (κ3) is 11.2. The van der Waals surface area contributed by atoms with Crippen LogP contribution < -0.4 is 4.74 Å². The van der Waals surface area contributed by atoms with Crippen LogP contribution in [0, 0.1) is 0 Å². The van der Waals surface area contributed by atoms with Crippen molar-refractivity contribution in [3.63, 3.8) is 0 Å². The zero-order valence-electron chi connectivity index (χ0n) is 18.1. The summed E-state index contributed by atoms with van der Waals surface area (Å²) in [6.45, 7) is 3.09. The zero-order valence-corrected chi connectivity index (χ0v) is 18.9. The fourth-order valence-electron chi connectivity index (χ4n) is 3.39. The summed E-state index contributed by atoms with van der Waals surface area (Å²) in [4.78, 5) is 2.29. The van der Waals surface area contributed by atoms with Crippen LogP contribution in [0.4, 0.5) is 0 Å². The molecule has 0 aliphatic carbocycles. The Morgan fingerprint density at radius 2 is 1.07 bits per heavy atom. The van der Waals surface area contributed by atoms with Gasteiger partial charge >= 0.3 is 0 Å². The molecule has 0 bridgehead atoms. The number of unbranched alkanes of at least 4 members (excludes halogenated alkanes) is 11. The van der Waals surface area contributed by atoms with Crippen LogP contribution in [-0.2, 0) is 0 Å². The molecule has 0 unspecified atom stereocenters. The van der Waals surface area contributed by atoms with Crippen molar-refractivity contribution in [1.29, 1.82) is 0 Å². The van der Waals surface area contributed by atoms with Gasteiger partial charge in [0.1, 0.15) is 11.5 Å². The molecule has 0 radical (unpaired) electrons. The van der Waals surface area contributed by atoms with Crippen molar-refractivity contribution in [2.24, 2.45) is 0 Å². The van der Waals surface area contributed by atoms with Gasteiger partial charge in [-0.25, -0.2) is 0 Å². The van der Waals surface area contributed by atoms with Gasteiger partial charge in [0.05, 0.1) is 6.61 Å². The highest BCUT2D eigenvalue weighted by Crippen LogP contribution is 2.30. The molecule has 2 aromatic carbocycles. The number of benzene rings is 2. The first-order valence-electron chi connectivity index (χ1n) is 11.5. The number of phenolic OH excluding ortho intramolecular Hbond substituents is 1. The maximum Gasteiger partial charge on any atom is 0.119 e. The minimum atomic E-state index is 0.302. The van der Waals surface area contributed by atoms with E-state index in [0.717, 1.165) is 23.7 Å². The molecule has 2 rings (SSSR count). The fraction of sp³-hybridized carbons (Fsp3) is 0.538. The number of ether oxygens (including phenoxy) is 1. The van der Waals surface area contributed by atoms with E-state index >= 15 is 0 Å². The van der Waals surface area contributed by atoms with Gasteiger partial charge in [-0.15, -0.1) is 0 Å². The molecule has 2 nitrogen and oxygen atoms in total. The highest BCUT2D eigenvalue weighted by atomic mass is 32.2. The molecule has 1 N–H and O–H groups in total. The van der Waals surface area contributed by atoms with Crippen LogP contribution in [0.25, 0.3) is 0 Å². The van der Waals surface area contributed by atoms with E-state index in [1.54, 1.807) is 23.9 Å². The zero-order chi connectivity index (χ0) is 20.6. The van der Waals surface area contributed by atoms with Crippen LogP contribution in [-0.4, -0.2) is 11.7 Å². The van der Waals surface area contributed by atoms with Crippen LogP contribution in [0.1, 0.15) is 84.0 Å². The smallest absolute Gasteiger partial charge is 0.119 e. The Bertz CT molecular complexity index is 637. The average molecular weight is 415 g/mol. The lowest BCUT2D eigenvalue weighted by Gasteiger charge is -2.07. The van der Waals surface area contributed by atoms with Crippen molar-refractivity contribution in [1.82, 2.24) is 0 Å². The molecule has 0 saturated carbocycles. The van der Waals surface area contributed by atoms with Gasteiger partial charge < -0.3 is 9.84 Å². The Kier molecular flexibility index (Phi) is 12.5. The molecule has 2 aromatic rings. The van der Waals surface area contributed by atoms with Crippen molar-refractivity contribution >= 4 is 11.8 Å². The standard InChI is InChI=1S/C26H38O2S/c1-2-3-4-5-6-7-8-9-10-11-12-13-22-28-24-16-20-26(21-17-24)29-25-18-14-23(27)15-19-25/h14-21,27H,2-13,22H2,1H3. The molecule has 3 heteroatoms. The summed E-state index contributed by atoms with van der Waals surface area (Å²) < 4.78 is 5.88. The second-order valence-electron chi connectivity index (χ2n) is 7.80. The minimum absolute atomic E-state index is 0.302. The van der Waals surface area contributed by atoms with E-state index in [1.807, 2.05) is 24.3 Å². The highest BCUT2D eigenvalue weighted by molar-refractivity contribution is 7.99. The van der Waals surface area contributed by atoms with Gasteiger partial charge in [0, 0.05) is 9.79 Å². The van der Waals surface area contributed by atoms with Gasteiger partial charge in [0.2, 0.25) is 0 Å². The molecule has 160 valence electrons. The molecule has 0 amide bonds. The Balaban J connectivity index is 1.46. The number of phenols is 1. The van der Waals surface area contributed by atoms with E-state index in [2.05, 4.69) is 19.1 Å². The van der Waals surface area contributed by atoms with E-state index in [-0.39, 0.29) is 0 Å². The number of hydrogen-bond acceptors (Lipinski definition) is 3. The first-order chi connectivity index (χ1) is 14.3. The highest BCUT2D eigenvalue weighted by Gasteiger charge is 2.00. The van der Waals surface area contributed by atoms with Gasteiger partial charge in [-0.05, 0) is 55.0 Å². The van der Waals surface area contributed by atoms with Crippen molar-refractivity contribution < 1.29 is 9.84 Å². The Hall–Kier alpha value is -1.61. The Morgan fingerprint density at radius 3 is 1.59 bits per heavy atom. The Labute approximate surface area is 182 Å². The summed E-state index contributed by atoms with van der Waals surface area (Å²) in [5.41, 5.74) is 0. The molecule has 0 aliphatic heterocycles. The van der Waals surface area contributed by atoms with Crippen LogP contribution in [0.15, 0.2) is 58.3 Å². The summed E-state index contributed by atoms with van der Waals surface area (Å²) in [6.07, 6.45) is 16.4. The second-order valence-corrected chi connectivity index (χ2v) is 8.95. The van der Waals surface area contributed by atoms with Crippen LogP contribution in [0.2, 0.25) is 0 Å². The van der Waals surface area contributed by atoms with Crippen LogP contribution >= 0.6 is 11.8 Å². The lowest BCUT2D eigenvalue weighted by atomic mass is 10.1. The van der Waals surface area contributed by atoms with Gasteiger partial charge in [0.25, 0.3) is 0 Å². The van der Waals surface area contributed by atoms with Crippen molar-refractivity contribution in [2.75, 3.05) is 6.61 Å². The van der Waals surface area contributed by atoms with E-state index in [4.69, 9.17) is 4.74 Å². The molecule has 0 fully saturated rings. The topological polar surface area (TPSA) is 29.5 Å². The van der Waals surface area contributed by atoms with Gasteiger partial charge in [-0.2, -0.15) is 0 Å². The maximum atomic E-state index is 9.35. The van der Waals surface area contributed by atoms with Gasteiger partial charge in [0.15, 0.2) is 0 Å². The van der Waals surface area contributed by atoms with Crippen molar-refractivity contribution in [3.8, 4) is 11.5 Å². The number of hydrogen-bond donors (Lipinski definition) is 1. The normalized spacial score (nSPS) is 10.9. The monoisotopic (exact) mass is 414 g/mol. The molecular weight excluding hydrogens is 376 g/mol. The van der Waals surface area contributed by atoms with Crippen LogP contribution in [0.3, 0.4) is 0 Å². The second kappa shape index (κ2) is 15.3. The predicted molar refractivity (Wildman–Crippen MR) is 125 cm³/mol. The molecule has 29 heavy (non-hydrogen) atoms. The summed E-state index contributed by atoms with van der Waals surface area (Å²) in [6, 6.07) is 15.6. The summed E-state index contributed by atoms with van der Waals surface area (Å²) in [5.74, 6) is 1.25. The molecule has 0 atom stereocenters. The van der Waals surface area contributed by atoms with Crippen molar-refractivity contribution in [2.45, 2.75) is 93.8 Å². The first-order valence-corrected chi connectivity index (χ1v) is 12.3. The summed E-state index contributed by atoms with van der Waals surface area (Å²) in [5, 5.41) is 9.35. The third-order valence-electron chi connectivity index (χ3n) is 5.16. The quantitative estimate of drug-likeness (QED) is 0.279. The number of aromatic hydroxyl groups is 1. The van der Waals surface area contributed by atoms with Gasteiger partial charge in [-0.3, -0.25) is 0 Å². The van der Waals surface area contributed by atoms with E-state index < -0.39 is 0 Å². The Morgan fingerprint density at radius 1 is 0.621 bits per heavy atom. The average Bonchev–Trinajstić information content (AvgIpc) is 2.74. The molecule has 0 heterocycles. The molecular formula is C26H38O2S. The first kappa shape index (κ1) is 23.7. The molecule has 0 aliphatic rings. The molecule has 0 saturated heterocycles. The SMILES string of the molecule is CCCCCCCCCCCCCCOc1ccc(Sc2ccc(O)cc2)cc1. The largest absolute Gasteiger partial charge is 0.508 e. The predicted octanol–water partition coefficient (Wildman–Crippen LogP) is 8.62. The summed E-state index contributed by atoms with van der Waals surface area (Å²) in [7, 11) is 0. The lowest BCUT2D eigenvalue weighted by Crippen LogP contribution is -1.97. The van der Waals surface area contributed by atoms with Crippen LogP contribution in [0.5, 0.6) is 11.5 Å². The third-order valence-corrected chi connectivity index (χ3v) is 6.18. The van der Waals surface area contributed by atoms with Gasteiger partial charge in [-0.1, -0.05) is 89.3 Å². The lowest BCUT2D eigenvalue weighted by molar-refractivity contribution is 0.304. The minimum Gasteiger partial charge on any atom is -0.508 e. The van der Waals surface area contributed by atoms with E-state index in [0.29, 0.717) is 5.75 Å². The van der Waals surface area contributed by atoms with Crippen molar-refractivity contribution in [3.05, 3.63) is 48.5 Å². The molecule has 0 spiro atoms. The molecule has 0 aromatic heterocycles. The summed E-state index contributed by atoms with van der Waals surface area (Å²) >= 11 is 1.69. The van der Waals surface area contributed by atoms with E-state index in [9.17, 15) is 5.11 Å².